The molecule has 1 amide bonds. The van der Waals surface area contributed by atoms with Crippen molar-refractivity contribution in [1.82, 2.24) is 5.32 Å². The fourth-order valence-electron chi connectivity index (χ4n) is 7.32. The molecule has 3 aliphatic heterocycles. The Kier molecular flexibility index (Phi) is 18.9. The quantitative estimate of drug-likeness (QED) is 0.151. The molecule has 1 aromatic carbocycles. The molecule has 0 bridgehead atoms. The number of aliphatic hydroxyl groups excluding tert-OH is 1. The molecule has 0 saturated carbocycles. The summed E-state index contributed by atoms with van der Waals surface area (Å²) in [5.41, 5.74) is 0.729. The molecule has 0 aliphatic carbocycles. The average molecular weight is 914 g/mol. The van der Waals surface area contributed by atoms with E-state index < -0.39 is 153 Å². The Bertz CT molecular complexity index is 1810. The van der Waals surface area contributed by atoms with Crippen LogP contribution in [0.1, 0.15) is 67.9 Å². The second-order valence-corrected chi connectivity index (χ2v) is 15.0. The Morgan fingerprint density at radius 1 is 0.531 bits per heavy atom. The van der Waals surface area contributed by atoms with Gasteiger partial charge in [0.05, 0.1) is 19.3 Å². The number of aliphatic hydroxyl groups is 1. The zero-order valence-corrected chi connectivity index (χ0v) is 36.7. The molecule has 4 rings (SSSR count). The summed E-state index contributed by atoms with van der Waals surface area (Å²) in [6.07, 6.45) is -22.5. The van der Waals surface area contributed by atoms with E-state index >= 15 is 0 Å². The Labute approximate surface area is 367 Å². The molecule has 3 aliphatic rings. The highest BCUT2D eigenvalue weighted by molar-refractivity contribution is 5.73. The number of benzene rings is 1. The van der Waals surface area contributed by atoms with E-state index in [0.29, 0.717) is 0 Å². The summed E-state index contributed by atoms with van der Waals surface area (Å²) in [7, 11) is 0. The van der Waals surface area contributed by atoms with Crippen LogP contribution in [0.15, 0.2) is 30.3 Å². The van der Waals surface area contributed by atoms with Gasteiger partial charge in [-0.1, -0.05) is 30.3 Å². The SMILES string of the molecule is CC(=O)N[C@@H]1[C@@H](O[C@@H]2O[C@@H](C)[C@H](OC(C)=O)[C@@H](OC(C)=O)[C@H]2OC(C)=O)[C@H](O[C@@H]2O[C@H](COC(C)=O)[C@@H](OC(C)=O)[C@H](OC(C)=O)[C@H]2OC(C)=O)[C@@H](COCc2ccccc2)O[C@H]1O. The number of amides is 1. The van der Waals surface area contributed by atoms with Crippen molar-refractivity contribution in [3.8, 4) is 0 Å². The molecule has 3 saturated heterocycles. The lowest BCUT2D eigenvalue weighted by Gasteiger charge is -2.50. The fourth-order valence-corrected chi connectivity index (χ4v) is 7.32. The summed E-state index contributed by atoms with van der Waals surface area (Å²) in [4.78, 5) is 99.8. The monoisotopic (exact) mass is 913 g/mol. The lowest BCUT2D eigenvalue weighted by Crippen LogP contribution is -2.70. The van der Waals surface area contributed by atoms with E-state index in [2.05, 4.69) is 5.32 Å². The van der Waals surface area contributed by atoms with Crippen molar-refractivity contribution in [2.75, 3.05) is 13.2 Å². The molecule has 64 heavy (non-hydrogen) atoms. The number of esters is 7. The maximum Gasteiger partial charge on any atom is 0.303 e. The van der Waals surface area contributed by atoms with Crippen LogP contribution in [-0.2, 0) is 107 Å². The highest BCUT2D eigenvalue weighted by atomic mass is 16.8. The second kappa shape index (κ2) is 23.6. The van der Waals surface area contributed by atoms with E-state index in [1.54, 1.807) is 30.3 Å². The molecule has 3 fully saturated rings. The molecule has 0 unspecified atom stereocenters. The number of carbonyl (C=O) groups excluding carboxylic acids is 8. The van der Waals surface area contributed by atoms with Gasteiger partial charge >= 0.3 is 41.8 Å². The second-order valence-electron chi connectivity index (χ2n) is 15.0. The molecule has 2 N–H and O–H groups in total. The van der Waals surface area contributed by atoms with Crippen LogP contribution in [-0.4, -0.2) is 158 Å². The van der Waals surface area contributed by atoms with Gasteiger partial charge in [0, 0.05) is 55.4 Å². The number of rotatable bonds is 17. The minimum absolute atomic E-state index is 0.00257. The predicted molar refractivity (Wildman–Crippen MR) is 207 cm³/mol. The number of nitrogens with one attached hydrogen (secondary N) is 1. The van der Waals surface area contributed by atoms with E-state index in [1.807, 2.05) is 0 Å². The Balaban J connectivity index is 1.90. The van der Waals surface area contributed by atoms with E-state index in [0.717, 1.165) is 61.0 Å². The predicted octanol–water partition coefficient (Wildman–Crippen LogP) is -0.181. The molecule has 0 spiro atoms. The van der Waals surface area contributed by atoms with Gasteiger partial charge in [0.15, 0.2) is 55.5 Å². The third kappa shape index (κ3) is 14.6. The number of hydrogen-bond acceptors (Lipinski definition) is 22. The number of ether oxygens (including phenoxy) is 13. The van der Waals surface area contributed by atoms with E-state index in [4.69, 9.17) is 61.6 Å². The summed E-state index contributed by atoms with van der Waals surface area (Å²) in [5.74, 6) is -6.84. The van der Waals surface area contributed by atoms with Crippen molar-refractivity contribution in [3.05, 3.63) is 35.9 Å². The number of carbonyl (C=O) groups is 8. The molecule has 0 radical (unpaired) electrons. The van der Waals surface area contributed by atoms with Crippen LogP contribution in [0, 0.1) is 0 Å². The smallest absolute Gasteiger partial charge is 0.303 e. The van der Waals surface area contributed by atoms with Gasteiger partial charge in [0.2, 0.25) is 5.91 Å². The van der Waals surface area contributed by atoms with Crippen molar-refractivity contribution < 1.29 is 105 Å². The van der Waals surface area contributed by atoms with Gasteiger partial charge in [0.25, 0.3) is 0 Å². The lowest BCUT2D eigenvalue weighted by atomic mass is 9.94. The van der Waals surface area contributed by atoms with Gasteiger partial charge in [-0.3, -0.25) is 38.4 Å². The maximum absolute atomic E-state index is 12.8. The highest BCUT2D eigenvalue weighted by Crippen LogP contribution is 2.37. The van der Waals surface area contributed by atoms with Crippen LogP contribution < -0.4 is 5.32 Å². The van der Waals surface area contributed by atoms with Gasteiger partial charge in [-0.2, -0.15) is 0 Å². The lowest BCUT2D eigenvalue weighted by molar-refractivity contribution is -0.372. The number of hydrogen-bond donors (Lipinski definition) is 2. The van der Waals surface area contributed by atoms with Crippen LogP contribution in [0.2, 0.25) is 0 Å². The van der Waals surface area contributed by atoms with E-state index in [1.165, 1.54) is 6.92 Å². The van der Waals surface area contributed by atoms with Crippen molar-refractivity contribution in [3.63, 3.8) is 0 Å². The van der Waals surface area contributed by atoms with Gasteiger partial charge in [-0.25, -0.2) is 0 Å². The normalized spacial score (nSPS) is 32.4. The van der Waals surface area contributed by atoms with Crippen LogP contribution >= 0.6 is 0 Å². The van der Waals surface area contributed by atoms with Crippen LogP contribution in [0.3, 0.4) is 0 Å². The maximum atomic E-state index is 12.8. The van der Waals surface area contributed by atoms with E-state index in [-0.39, 0.29) is 6.61 Å². The summed E-state index contributed by atoms with van der Waals surface area (Å²) < 4.78 is 76.0. The topological polar surface area (TPSA) is 289 Å². The van der Waals surface area contributed by atoms with Crippen molar-refractivity contribution in [2.45, 2.75) is 161 Å². The Morgan fingerprint density at radius 2 is 0.984 bits per heavy atom. The van der Waals surface area contributed by atoms with Crippen LogP contribution in [0.25, 0.3) is 0 Å². The standard InChI is InChI=1S/C41H55NO22/c1-18-31(55-21(4)45)35(57-23(6)47)37(59-25(8)49)40(54-18)64-34-30(42-19(2)43)39(51)61-28(16-52-15-27-13-11-10-12-14-27)32(34)63-41-38(60-26(9)50)36(58-24(7)48)33(56-22(5)46)29(62-41)17-53-20(3)44/h10-14,18,28-41,51H,15-17H2,1-9H3,(H,42,43)/t18-,28+,29+,30+,31-,32+,33+,34+,35+,36-,37+,38+,39+,40-,41-/m0/s1. The molecular formula is C41H55NO22. The third-order valence-electron chi connectivity index (χ3n) is 9.59. The first-order chi connectivity index (χ1) is 30.1. The Hall–Kier alpha value is -5.30. The van der Waals surface area contributed by atoms with Crippen molar-refractivity contribution >= 4 is 47.7 Å². The third-order valence-corrected chi connectivity index (χ3v) is 9.59. The van der Waals surface area contributed by atoms with Gasteiger partial charge in [0.1, 0.15) is 37.1 Å². The molecule has 23 heteroatoms. The van der Waals surface area contributed by atoms with Gasteiger partial charge in [-0.05, 0) is 12.5 Å². The summed E-state index contributed by atoms with van der Waals surface area (Å²) in [5, 5.41) is 14.1. The summed E-state index contributed by atoms with van der Waals surface area (Å²) in [6, 6.07) is 7.31. The van der Waals surface area contributed by atoms with Crippen molar-refractivity contribution in [2.24, 2.45) is 0 Å². The molecule has 0 aromatic heterocycles. The van der Waals surface area contributed by atoms with Crippen LogP contribution in [0.4, 0.5) is 0 Å². The first kappa shape index (κ1) is 51.3. The molecule has 3 heterocycles. The molecule has 15 atom stereocenters. The minimum Gasteiger partial charge on any atom is -0.463 e. The largest absolute Gasteiger partial charge is 0.463 e. The van der Waals surface area contributed by atoms with Gasteiger partial charge in [-0.15, -0.1) is 0 Å². The molecule has 1 aromatic rings. The van der Waals surface area contributed by atoms with E-state index in [9.17, 15) is 43.5 Å². The first-order valence-electron chi connectivity index (χ1n) is 20.2. The fraction of sp³-hybridized carbons (Fsp3) is 0.659. The first-order valence-corrected chi connectivity index (χ1v) is 20.2. The summed E-state index contributed by atoms with van der Waals surface area (Å²) >= 11 is 0. The molecular weight excluding hydrogens is 858 g/mol. The van der Waals surface area contributed by atoms with Crippen LogP contribution in [0.5, 0.6) is 0 Å². The Morgan fingerprint density at radius 3 is 1.50 bits per heavy atom. The molecule has 23 nitrogen and oxygen atoms in total. The highest BCUT2D eigenvalue weighted by Gasteiger charge is 2.58. The zero-order valence-electron chi connectivity index (χ0n) is 36.7. The summed E-state index contributed by atoms with van der Waals surface area (Å²) in [6.45, 7) is 8.94. The van der Waals surface area contributed by atoms with Gasteiger partial charge < -0.3 is 72.0 Å². The zero-order chi connectivity index (χ0) is 47.4. The van der Waals surface area contributed by atoms with Crippen molar-refractivity contribution in [1.29, 1.82) is 0 Å². The molecule has 356 valence electrons. The average Bonchev–Trinajstić information content (AvgIpc) is 3.18. The minimum atomic E-state index is -1.90.